The summed E-state index contributed by atoms with van der Waals surface area (Å²) < 4.78 is 26.7. The maximum absolute atomic E-state index is 13.3. The molecule has 0 saturated carbocycles. The third-order valence-corrected chi connectivity index (χ3v) is 8.39. The number of benzene rings is 2. The van der Waals surface area contributed by atoms with E-state index in [9.17, 15) is 13.7 Å². The van der Waals surface area contributed by atoms with Gasteiger partial charge in [-0.25, -0.2) is 18.5 Å². The molecule has 0 aliphatic carbocycles. The molecule has 0 bridgehead atoms. The first-order valence-electron chi connectivity index (χ1n) is 12.9. The molecule has 0 unspecified atom stereocenters. The molecule has 6 heteroatoms. The Morgan fingerprint density at radius 3 is 2.11 bits per heavy atom. The first kappa shape index (κ1) is 27.2. The van der Waals surface area contributed by atoms with Gasteiger partial charge in [0.15, 0.2) is 0 Å². The van der Waals surface area contributed by atoms with Crippen molar-refractivity contribution >= 4 is 27.2 Å². The van der Waals surface area contributed by atoms with Crippen molar-refractivity contribution in [1.82, 2.24) is 0 Å². The van der Waals surface area contributed by atoms with E-state index in [-0.39, 0.29) is 21.1 Å². The molecule has 5 nitrogen and oxygen atoms in total. The fourth-order valence-corrected chi connectivity index (χ4v) is 6.31. The zero-order valence-corrected chi connectivity index (χ0v) is 22.2. The van der Waals surface area contributed by atoms with E-state index in [4.69, 9.17) is 6.57 Å². The summed E-state index contributed by atoms with van der Waals surface area (Å²) >= 11 is 0. The summed E-state index contributed by atoms with van der Waals surface area (Å²) in [5.41, 5.74) is 2.26. The van der Waals surface area contributed by atoms with Gasteiger partial charge in [-0.1, -0.05) is 82.7 Å². The van der Waals surface area contributed by atoms with E-state index in [1.165, 1.54) is 44.6 Å². The van der Waals surface area contributed by atoms with Crippen LogP contribution in [0.25, 0.3) is 16.5 Å². The van der Waals surface area contributed by atoms with E-state index < -0.39 is 9.84 Å². The van der Waals surface area contributed by atoms with Crippen molar-refractivity contribution in [3.05, 3.63) is 81.7 Å². The van der Waals surface area contributed by atoms with Gasteiger partial charge in [-0.2, -0.15) is 0 Å². The molecule has 1 heterocycles. The average Bonchev–Trinajstić information content (AvgIpc) is 3.11. The van der Waals surface area contributed by atoms with Crippen LogP contribution in [0, 0.1) is 17.9 Å². The predicted molar refractivity (Wildman–Crippen MR) is 148 cm³/mol. The second-order valence-electron chi connectivity index (χ2n) is 9.16. The quantitative estimate of drug-likeness (QED) is 0.170. The second-order valence-corrected chi connectivity index (χ2v) is 11.0. The third-order valence-electron chi connectivity index (χ3n) is 6.56. The molecule has 0 amide bonds. The maximum atomic E-state index is 13.3. The van der Waals surface area contributed by atoms with Crippen LogP contribution in [0.15, 0.2) is 64.0 Å². The van der Waals surface area contributed by atoms with Crippen LogP contribution in [0.3, 0.4) is 0 Å². The molecule has 0 spiro atoms. The van der Waals surface area contributed by atoms with Gasteiger partial charge in [0.1, 0.15) is 0 Å². The van der Waals surface area contributed by atoms with Crippen LogP contribution < -0.4 is 4.90 Å². The van der Waals surface area contributed by atoms with Crippen molar-refractivity contribution in [3.63, 3.8) is 0 Å². The average molecular weight is 502 g/mol. The van der Waals surface area contributed by atoms with E-state index in [0.717, 1.165) is 37.2 Å². The number of rotatable bonds is 12. The molecule has 0 fully saturated rings. The smallest absolute Gasteiger partial charge is 0.270 e. The summed E-state index contributed by atoms with van der Waals surface area (Å²) in [6.07, 6.45) is 11.3. The Balaban J connectivity index is 1.92. The zero-order valence-electron chi connectivity index (χ0n) is 21.3. The van der Waals surface area contributed by atoms with E-state index >= 15 is 0 Å². The second kappa shape index (κ2) is 13.1. The molecule has 2 aromatic carbocycles. The van der Waals surface area contributed by atoms with Gasteiger partial charge < -0.3 is 4.90 Å². The minimum atomic E-state index is -3.82. The van der Waals surface area contributed by atoms with Crippen molar-refractivity contribution < 1.29 is 8.42 Å². The lowest BCUT2D eigenvalue weighted by Crippen LogP contribution is -2.25. The summed E-state index contributed by atoms with van der Waals surface area (Å²) in [6, 6.07) is 16.4. The Labute approximate surface area is 216 Å². The highest BCUT2D eigenvalue weighted by molar-refractivity contribution is 7.96. The first-order valence-corrected chi connectivity index (χ1v) is 14.4. The zero-order chi connectivity index (χ0) is 26.0. The van der Waals surface area contributed by atoms with Crippen LogP contribution in [-0.2, 0) is 9.84 Å². The van der Waals surface area contributed by atoms with Crippen LogP contribution in [-0.4, -0.2) is 21.5 Å². The van der Waals surface area contributed by atoms with E-state index in [0.29, 0.717) is 5.56 Å². The summed E-state index contributed by atoms with van der Waals surface area (Å²) in [5.74, 6) is 0. The lowest BCUT2D eigenvalue weighted by atomic mass is 10.0. The number of hydrogen-bond acceptors (Lipinski definition) is 4. The van der Waals surface area contributed by atoms with Crippen molar-refractivity contribution in [2.24, 2.45) is 0 Å². The molecule has 0 atom stereocenters. The number of unbranched alkanes of at least 4 members (excludes halogenated alkanes) is 6. The number of sulfone groups is 1. The van der Waals surface area contributed by atoms with Gasteiger partial charge in [-0.05, 0) is 48.2 Å². The number of anilines is 1. The lowest BCUT2D eigenvalue weighted by Gasteiger charge is -2.25. The van der Waals surface area contributed by atoms with E-state index in [1.54, 1.807) is 24.3 Å². The molecule has 1 aliphatic heterocycles. The number of hydrogen-bond donors (Lipinski definition) is 0. The van der Waals surface area contributed by atoms with Crippen molar-refractivity contribution in [2.45, 2.75) is 70.1 Å². The molecule has 188 valence electrons. The Hall–Kier alpha value is -3.35. The highest BCUT2D eigenvalue weighted by Gasteiger charge is 2.37. The summed E-state index contributed by atoms with van der Waals surface area (Å²) in [6.45, 7) is 13.9. The Morgan fingerprint density at radius 2 is 1.56 bits per heavy atom. The Bertz CT molecular complexity index is 1260. The molecule has 0 radical (unpaired) electrons. The summed E-state index contributed by atoms with van der Waals surface area (Å²) in [4.78, 5) is 5.91. The minimum absolute atomic E-state index is 0.0139. The first-order chi connectivity index (χ1) is 17.5. The van der Waals surface area contributed by atoms with Gasteiger partial charge in [0.25, 0.3) is 5.70 Å². The van der Waals surface area contributed by atoms with Gasteiger partial charge in [-0.15, -0.1) is 0 Å². The number of allylic oxidation sites excluding steroid dienone is 2. The van der Waals surface area contributed by atoms with Crippen LogP contribution in [0.2, 0.25) is 0 Å². The summed E-state index contributed by atoms with van der Waals surface area (Å²) in [7, 11) is -3.82. The largest absolute Gasteiger partial charge is 0.372 e. The van der Waals surface area contributed by atoms with Gasteiger partial charge in [-0.3, -0.25) is 0 Å². The molecule has 3 rings (SSSR count). The highest BCUT2D eigenvalue weighted by Crippen LogP contribution is 2.45. The molecule has 2 aromatic rings. The van der Waals surface area contributed by atoms with Crippen molar-refractivity contribution in [3.8, 4) is 6.07 Å². The van der Waals surface area contributed by atoms with Crippen molar-refractivity contribution in [2.75, 3.05) is 18.0 Å². The minimum Gasteiger partial charge on any atom is -0.372 e. The van der Waals surface area contributed by atoms with Crippen LogP contribution in [0.4, 0.5) is 5.69 Å². The van der Waals surface area contributed by atoms with Gasteiger partial charge in [0, 0.05) is 24.4 Å². The monoisotopic (exact) mass is 501 g/mol. The molecule has 1 aliphatic rings. The van der Waals surface area contributed by atoms with Crippen LogP contribution in [0.5, 0.6) is 0 Å². The number of nitrogens with zero attached hydrogens (tertiary/aromatic N) is 3. The standard InChI is InChI=1S/C30H35N3O2S/c1-4-6-8-12-20-33(21-13-9-7-5-2)25-18-16-24(17-19-25)22-29-30(27(23-31)32-3)26-14-10-11-15-28(26)36(29,34)35/h10-11,14-19,22H,4-9,12-13,20-21H2,1-2H3. The van der Waals surface area contributed by atoms with E-state index in [2.05, 4.69) is 23.6 Å². The molecule has 0 saturated heterocycles. The Kier molecular flexibility index (Phi) is 9.91. The maximum Gasteiger partial charge on any atom is 0.270 e. The Morgan fingerprint density at radius 1 is 0.944 bits per heavy atom. The lowest BCUT2D eigenvalue weighted by molar-refractivity contribution is 0.604. The van der Waals surface area contributed by atoms with Gasteiger partial charge in [0.2, 0.25) is 9.84 Å². The van der Waals surface area contributed by atoms with Gasteiger partial charge >= 0.3 is 0 Å². The molecule has 0 N–H and O–H groups in total. The van der Waals surface area contributed by atoms with E-state index in [1.807, 2.05) is 30.3 Å². The molecular weight excluding hydrogens is 466 g/mol. The number of nitriles is 1. The van der Waals surface area contributed by atoms with Crippen LogP contribution >= 0.6 is 0 Å². The number of fused-ring (bicyclic) bond motifs is 1. The normalized spacial score (nSPS) is 16.3. The SMILES string of the molecule is [C-]#[N+]C(C#N)=C1C(=Cc2ccc(N(CCCCCC)CCCCCC)cc2)S(=O)(=O)c2ccccc21. The highest BCUT2D eigenvalue weighted by atomic mass is 32.2. The molecule has 0 aromatic heterocycles. The fraction of sp³-hybridized carbons (Fsp3) is 0.400. The molecular formula is C30H35N3O2S. The van der Waals surface area contributed by atoms with Crippen molar-refractivity contribution in [1.29, 1.82) is 5.26 Å². The fourth-order valence-electron chi connectivity index (χ4n) is 4.59. The topological polar surface area (TPSA) is 65.5 Å². The molecule has 36 heavy (non-hydrogen) atoms. The predicted octanol–water partition coefficient (Wildman–Crippen LogP) is 7.64. The van der Waals surface area contributed by atoms with Gasteiger partial charge in [0.05, 0.1) is 22.4 Å². The van der Waals surface area contributed by atoms with Crippen LogP contribution in [0.1, 0.15) is 76.3 Å². The summed E-state index contributed by atoms with van der Waals surface area (Å²) in [5, 5.41) is 9.52. The third kappa shape index (κ3) is 6.25.